The summed E-state index contributed by atoms with van der Waals surface area (Å²) in [5.41, 5.74) is 0. The van der Waals surface area contributed by atoms with Crippen LogP contribution in [0.25, 0.3) is 0 Å². The van der Waals surface area contributed by atoms with Gasteiger partial charge in [-0.1, -0.05) is 0 Å². The summed E-state index contributed by atoms with van der Waals surface area (Å²) >= 11 is 0. The summed E-state index contributed by atoms with van der Waals surface area (Å²) in [5.74, 6) is 0. The van der Waals surface area contributed by atoms with Crippen LogP contribution in [0.5, 0.6) is 0 Å². The molecule has 5 N–H and O–H groups in total. The van der Waals surface area contributed by atoms with Gasteiger partial charge in [0, 0.05) is 0 Å². The second kappa shape index (κ2) is 9.81. The van der Waals surface area contributed by atoms with Gasteiger partial charge in [0.1, 0.15) is 0 Å². The van der Waals surface area contributed by atoms with Crippen molar-refractivity contribution in [3.8, 4) is 0 Å². The van der Waals surface area contributed by atoms with Crippen LogP contribution in [0.2, 0.25) is 0 Å². The molecule has 0 fully saturated rings. The van der Waals surface area contributed by atoms with E-state index >= 15 is 0 Å². The molecule has 0 saturated carbocycles. The van der Waals surface area contributed by atoms with Crippen LogP contribution in [-0.4, -0.2) is 103 Å². The van der Waals surface area contributed by atoms with Crippen LogP contribution < -0.4 is 0 Å². The van der Waals surface area contributed by atoms with Crippen LogP contribution in [0, 0.1) is 0 Å². The van der Waals surface area contributed by atoms with Crippen molar-refractivity contribution in [1.82, 2.24) is 0 Å². The summed E-state index contributed by atoms with van der Waals surface area (Å²) in [6, 6.07) is 0. The van der Waals surface area contributed by atoms with Gasteiger partial charge >= 0.3 is 91.0 Å². The molecule has 0 radical (unpaired) electrons. The molecule has 0 bridgehead atoms. The third-order valence-corrected chi connectivity index (χ3v) is 0. The summed E-state index contributed by atoms with van der Waals surface area (Å²) in [6.07, 6.45) is 0. The van der Waals surface area contributed by atoms with E-state index in [1.54, 1.807) is 0 Å². The molecule has 0 saturated heterocycles. The molecule has 0 aromatic heterocycles. The molecule has 8 heavy (non-hydrogen) atoms. The molecule has 0 aromatic carbocycles. The molecule has 0 aromatic rings. The Balaban J connectivity index is -0.0000000267. The second-order valence-corrected chi connectivity index (χ2v) is 1.54. The molecule has 0 aliphatic carbocycles. The molecule has 0 spiro atoms. The Morgan fingerprint density at radius 2 is 1.12 bits per heavy atom. The number of hydrogen-bond acceptors (Lipinski definition) is 1. The topological polar surface area (TPSA) is 109 Å². The van der Waals surface area contributed by atoms with Crippen molar-refractivity contribution < 1.29 is 24.7 Å². The van der Waals surface area contributed by atoms with E-state index < -0.39 is 7.82 Å². The van der Waals surface area contributed by atoms with Crippen LogP contribution >= 0.6 is 7.82 Å². The SMILES string of the molecule is O.O=P(O)(O)O.[CaH2].[SrH2]. The van der Waals surface area contributed by atoms with Crippen LogP contribution in [-0.2, 0) is 4.57 Å². The molecule has 0 aliphatic rings. The minimum absolute atomic E-state index is 0. The van der Waals surface area contributed by atoms with Gasteiger partial charge in [-0.2, -0.15) is 0 Å². The van der Waals surface area contributed by atoms with Crippen molar-refractivity contribution in [1.29, 1.82) is 0 Å². The molecule has 48 valence electrons. The number of phosphoric acid groups is 1. The standard InChI is InChI=1S/Ca.H3O4P.H2O.Sr.4H/c;1-5(2,3)4;;;;;;/h;(H3,1,2,3,4);1H2;;;;;. The van der Waals surface area contributed by atoms with Gasteiger partial charge in [-0.15, -0.1) is 0 Å². The molecule has 0 aliphatic heterocycles. The van der Waals surface area contributed by atoms with Crippen LogP contribution in [0.4, 0.5) is 0 Å². The molecule has 8 heteroatoms. The van der Waals surface area contributed by atoms with Crippen LogP contribution in [0.15, 0.2) is 0 Å². The Hall–Kier alpha value is 2.81. The van der Waals surface area contributed by atoms with Crippen molar-refractivity contribution in [2.24, 2.45) is 0 Å². The van der Waals surface area contributed by atoms with E-state index in [4.69, 9.17) is 19.2 Å². The Kier molecular flexibility index (Phi) is 27.5. The zero-order valence-electron chi connectivity index (χ0n) is 2.70. The average molecular weight is 248 g/mol. The summed E-state index contributed by atoms with van der Waals surface area (Å²) in [6.45, 7) is 0. The molecule has 0 atom stereocenters. The van der Waals surface area contributed by atoms with E-state index in [1.807, 2.05) is 0 Å². The molecule has 5 nitrogen and oxygen atoms in total. The van der Waals surface area contributed by atoms with Gasteiger partial charge in [0.15, 0.2) is 0 Å². The van der Waals surface area contributed by atoms with Crippen LogP contribution in [0.3, 0.4) is 0 Å². The van der Waals surface area contributed by atoms with Gasteiger partial charge in [-0.05, 0) is 0 Å². The first kappa shape index (κ1) is 22.4. The number of hydrogen-bond donors (Lipinski definition) is 3. The zero-order valence-corrected chi connectivity index (χ0v) is 3.59. The van der Waals surface area contributed by atoms with E-state index in [9.17, 15) is 0 Å². The molecule has 0 rings (SSSR count). The average Bonchev–Trinajstić information content (AvgIpc) is 0.722. The number of rotatable bonds is 0. The van der Waals surface area contributed by atoms with Crippen molar-refractivity contribution in [2.45, 2.75) is 0 Å². The van der Waals surface area contributed by atoms with Gasteiger partial charge in [0.25, 0.3) is 0 Å². The quantitative estimate of drug-likeness (QED) is 0.304. The van der Waals surface area contributed by atoms with Gasteiger partial charge in [-0.3, -0.25) is 0 Å². The van der Waals surface area contributed by atoms with Crippen molar-refractivity contribution in [3.63, 3.8) is 0 Å². The summed E-state index contributed by atoms with van der Waals surface area (Å²) in [5, 5.41) is 0. The first-order chi connectivity index (χ1) is 2.00. The molecule has 0 heterocycles. The molecule has 0 amide bonds. The predicted octanol–water partition coefficient (Wildman–Crippen LogP) is -3.59. The maximum atomic E-state index is 8.88. The maximum absolute atomic E-state index is 8.88. The Labute approximate surface area is 113 Å². The van der Waals surface area contributed by atoms with E-state index in [2.05, 4.69) is 0 Å². The molecular weight excluding hydrogens is 239 g/mol. The summed E-state index contributed by atoms with van der Waals surface area (Å²) in [7, 11) is -4.64. The van der Waals surface area contributed by atoms with E-state index in [0.717, 1.165) is 0 Å². The van der Waals surface area contributed by atoms with Crippen molar-refractivity contribution >= 4 is 91.0 Å². The fraction of sp³-hybridized carbons (Fsp3) is 0. The van der Waals surface area contributed by atoms with Gasteiger partial charge in [0.2, 0.25) is 0 Å². The molecular formula is H9CaO5PSr. The third-order valence-electron chi connectivity index (χ3n) is 0. The van der Waals surface area contributed by atoms with E-state index in [1.165, 1.54) is 0 Å². The Bertz CT molecular complexity index is 58.6. The fourth-order valence-corrected chi connectivity index (χ4v) is 0. The van der Waals surface area contributed by atoms with Crippen LogP contribution in [0.1, 0.15) is 0 Å². The normalized spacial score (nSPS) is 7.38. The second-order valence-electron chi connectivity index (χ2n) is 0.513. The Morgan fingerprint density at radius 1 is 1.12 bits per heavy atom. The van der Waals surface area contributed by atoms with Crippen molar-refractivity contribution in [2.75, 3.05) is 0 Å². The van der Waals surface area contributed by atoms with Gasteiger partial charge in [-0.25, -0.2) is 4.57 Å². The Morgan fingerprint density at radius 3 is 1.12 bits per heavy atom. The molecule has 0 unspecified atom stereocenters. The van der Waals surface area contributed by atoms with Crippen molar-refractivity contribution in [3.05, 3.63) is 0 Å². The monoisotopic (exact) mass is 248 g/mol. The third kappa shape index (κ3) is 68.0. The predicted molar refractivity (Wildman–Crippen MR) is 35.0 cm³/mol. The van der Waals surface area contributed by atoms with E-state index in [-0.39, 0.29) is 88.7 Å². The van der Waals surface area contributed by atoms with Gasteiger partial charge < -0.3 is 20.2 Å². The fourth-order valence-electron chi connectivity index (χ4n) is 0. The van der Waals surface area contributed by atoms with Gasteiger partial charge in [0.05, 0.1) is 0 Å². The zero-order chi connectivity index (χ0) is 4.50. The minimum atomic E-state index is -4.64. The summed E-state index contributed by atoms with van der Waals surface area (Å²) in [4.78, 5) is 21.6. The first-order valence-corrected chi connectivity index (χ1v) is 2.35. The first-order valence-electron chi connectivity index (χ1n) is 0.783. The van der Waals surface area contributed by atoms with E-state index in [0.29, 0.717) is 0 Å². The summed E-state index contributed by atoms with van der Waals surface area (Å²) < 4.78 is 8.88.